The fourth-order valence-electron chi connectivity index (χ4n) is 1.55. The maximum Gasteiger partial charge on any atom is 0.168 e. The van der Waals surface area contributed by atoms with Gasteiger partial charge in [-0.25, -0.2) is 0 Å². The van der Waals surface area contributed by atoms with E-state index in [4.69, 9.17) is 4.74 Å². The number of aryl methyl sites for hydroxylation is 1. The minimum Gasteiger partial charge on any atom is -0.368 e. The van der Waals surface area contributed by atoms with Crippen molar-refractivity contribution in [3.8, 4) is 0 Å². The van der Waals surface area contributed by atoms with E-state index in [2.05, 4.69) is 0 Å². The number of benzene rings is 1. The molecule has 0 amide bonds. The van der Waals surface area contributed by atoms with E-state index >= 15 is 0 Å². The van der Waals surface area contributed by atoms with Gasteiger partial charge in [0, 0.05) is 13.0 Å². The van der Waals surface area contributed by atoms with Gasteiger partial charge in [-0.2, -0.15) is 0 Å². The third-order valence-corrected chi connectivity index (χ3v) is 2.66. The van der Waals surface area contributed by atoms with Gasteiger partial charge in [-0.3, -0.25) is 4.79 Å². The van der Waals surface area contributed by atoms with Crippen LogP contribution in [0.4, 0.5) is 0 Å². The molecular weight excluding hydrogens is 200 g/mol. The summed E-state index contributed by atoms with van der Waals surface area (Å²) in [7, 11) is 0. The highest BCUT2D eigenvalue weighted by Crippen LogP contribution is 2.14. The van der Waals surface area contributed by atoms with Crippen LogP contribution in [0.15, 0.2) is 24.3 Å². The zero-order valence-corrected chi connectivity index (χ0v) is 10.5. The van der Waals surface area contributed by atoms with E-state index in [-0.39, 0.29) is 5.78 Å². The first-order valence-electron chi connectivity index (χ1n) is 5.68. The second kappa shape index (κ2) is 5.26. The molecule has 2 nitrogen and oxygen atoms in total. The molecule has 1 rings (SSSR count). The lowest BCUT2D eigenvalue weighted by atomic mass is 9.96. The van der Waals surface area contributed by atoms with Gasteiger partial charge in [0.1, 0.15) is 5.60 Å². The molecule has 0 aromatic heterocycles. The van der Waals surface area contributed by atoms with Gasteiger partial charge in [0.15, 0.2) is 5.78 Å². The van der Waals surface area contributed by atoms with Gasteiger partial charge in [0.05, 0.1) is 0 Å². The fraction of sp³-hybridized carbons (Fsp3) is 0.500. The summed E-state index contributed by atoms with van der Waals surface area (Å²) < 4.78 is 5.44. The molecule has 16 heavy (non-hydrogen) atoms. The van der Waals surface area contributed by atoms with Crippen molar-refractivity contribution in [3.63, 3.8) is 0 Å². The molecule has 0 N–H and O–H groups in total. The van der Waals surface area contributed by atoms with Crippen LogP contribution in [0.5, 0.6) is 0 Å². The lowest BCUT2D eigenvalue weighted by molar-refractivity contribution is -0.139. The Morgan fingerprint density at radius 3 is 2.31 bits per heavy atom. The van der Waals surface area contributed by atoms with E-state index in [0.717, 1.165) is 5.56 Å². The van der Waals surface area contributed by atoms with Crippen LogP contribution >= 0.6 is 0 Å². The Morgan fingerprint density at radius 2 is 1.81 bits per heavy atom. The summed E-state index contributed by atoms with van der Waals surface area (Å²) in [4.78, 5) is 12.0. The number of carbonyl (C=O) groups excluding carboxylic acids is 1. The number of Topliss-reactive ketones (excluding diaryl/α,β-unsaturated/α-hetero) is 1. The Morgan fingerprint density at radius 1 is 1.25 bits per heavy atom. The number of rotatable bonds is 5. The van der Waals surface area contributed by atoms with Gasteiger partial charge in [-0.1, -0.05) is 29.8 Å². The fourth-order valence-corrected chi connectivity index (χ4v) is 1.55. The molecule has 0 atom stereocenters. The Labute approximate surface area is 97.6 Å². The number of ether oxygens (including phenoxy) is 1. The summed E-state index contributed by atoms with van der Waals surface area (Å²) in [5.41, 5.74) is 1.57. The Bertz CT molecular complexity index is 350. The molecule has 0 aliphatic carbocycles. The van der Waals surface area contributed by atoms with E-state index in [1.807, 2.05) is 52.0 Å². The normalized spacial score (nSPS) is 11.5. The molecule has 88 valence electrons. The predicted molar refractivity (Wildman–Crippen MR) is 65.6 cm³/mol. The maximum absolute atomic E-state index is 12.0. The Kier molecular flexibility index (Phi) is 4.25. The lowest BCUT2D eigenvalue weighted by Gasteiger charge is -2.23. The zero-order chi connectivity index (χ0) is 12.2. The van der Waals surface area contributed by atoms with Crippen molar-refractivity contribution in [3.05, 3.63) is 35.4 Å². The van der Waals surface area contributed by atoms with E-state index in [9.17, 15) is 4.79 Å². The SMILES string of the molecule is CCOC(C)(C)C(=O)Cc1ccc(C)cc1. The molecule has 1 aromatic carbocycles. The smallest absolute Gasteiger partial charge is 0.168 e. The summed E-state index contributed by atoms with van der Waals surface area (Å²) in [6.07, 6.45) is 0.438. The highest BCUT2D eigenvalue weighted by molar-refractivity contribution is 5.88. The van der Waals surface area contributed by atoms with Crippen LogP contribution in [0.3, 0.4) is 0 Å². The van der Waals surface area contributed by atoms with E-state index in [0.29, 0.717) is 13.0 Å². The molecule has 0 saturated carbocycles. The van der Waals surface area contributed by atoms with Crippen LogP contribution in [0.1, 0.15) is 31.9 Å². The van der Waals surface area contributed by atoms with Crippen LogP contribution in [0, 0.1) is 6.92 Å². The monoisotopic (exact) mass is 220 g/mol. The average Bonchev–Trinajstić information content (AvgIpc) is 2.21. The van der Waals surface area contributed by atoms with Crippen LogP contribution in [-0.2, 0) is 16.0 Å². The van der Waals surface area contributed by atoms with E-state index < -0.39 is 5.60 Å². The van der Waals surface area contributed by atoms with Crippen molar-refractivity contribution in [2.75, 3.05) is 6.61 Å². The first-order valence-corrected chi connectivity index (χ1v) is 5.68. The summed E-state index contributed by atoms with van der Waals surface area (Å²) in [5.74, 6) is 0.123. The highest BCUT2D eigenvalue weighted by Gasteiger charge is 2.27. The average molecular weight is 220 g/mol. The van der Waals surface area contributed by atoms with Crippen molar-refractivity contribution in [2.45, 2.75) is 39.7 Å². The number of hydrogen-bond donors (Lipinski definition) is 0. The van der Waals surface area contributed by atoms with E-state index in [1.54, 1.807) is 0 Å². The molecule has 0 heterocycles. The molecule has 0 unspecified atom stereocenters. The molecule has 0 bridgehead atoms. The third-order valence-electron chi connectivity index (χ3n) is 2.66. The first-order chi connectivity index (χ1) is 7.45. The maximum atomic E-state index is 12.0. The van der Waals surface area contributed by atoms with Gasteiger partial charge in [-0.15, -0.1) is 0 Å². The number of carbonyl (C=O) groups is 1. The van der Waals surface area contributed by atoms with Crippen LogP contribution in [0.2, 0.25) is 0 Å². The molecule has 0 aliphatic heterocycles. The minimum atomic E-state index is -0.681. The number of ketones is 1. The van der Waals surface area contributed by atoms with Crippen LogP contribution in [0.25, 0.3) is 0 Å². The lowest BCUT2D eigenvalue weighted by Crippen LogP contribution is -2.36. The van der Waals surface area contributed by atoms with Crippen molar-refractivity contribution in [1.29, 1.82) is 0 Å². The van der Waals surface area contributed by atoms with Gasteiger partial charge < -0.3 is 4.74 Å². The summed E-state index contributed by atoms with van der Waals surface area (Å²) in [6, 6.07) is 8.04. The third kappa shape index (κ3) is 3.46. The molecule has 0 radical (unpaired) electrons. The standard InChI is InChI=1S/C14H20O2/c1-5-16-14(3,4)13(15)10-12-8-6-11(2)7-9-12/h6-9H,5,10H2,1-4H3. The van der Waals surface area contributed by atoms with Crippen LogP contribution in [-0.4, -0.2) is 18.0 Å². The quantitative estimate of drug-likeness (QED) is 0.762. The van der Waals surface area contributed by atoms with Crippen molar-refractivity contribution >= 4 is 5.78 Å². The van der Waals surface area contributed by atoms with E-state index in [1.165, 1.54) is 5.56 Å². The van der Waals surface area contributed by atoms with Gasteiger partial charge in [0.2, 0.25) is 0 Å². The van der Waals surface area contributed by atoms with Crippen molar-refractivity contribution in [1.82, 2.24) is 0 Å². The zero-order valence-electron chi connectivity index (χ0n) is 10.5. The summed E-state index contributed by atoms with van der Waals surface area (Å²) >= 11 is 0. The largest absolute Gasteiger partial charge is 0.368 e. The molecule has 1 aromatic rings. The molecule has 0 saturated heterocycles. The minimum absolute atomic E-state index is 0.123. The second-order valence-electron chi connectivity index (χ2n) is 4.53. The van der Waals surface area contributed by atoms with Gasteiger partial charge in [0.25, 0.3) is 0 Å². The van der Waals surface area contributed by atoms with Crippen molar-refractivity contribution in [2.24, 2.45) is 0 Å². The highest BCUT2D eigenvalue weighted by atomic mass is 16.5. The van der Waals surface area contributed by atoms with Gasteiger partial charge >= 0.3 is 0 Å². The summed E-state index contributed by atoms with van der Waals surface area (Å²) in [5, 5.41) is 0. The first kappa shape index (κ1) is 12.9. The number of hydrogen-bond acceptors (Lipinski definition) is 2. The molecule has 0 fully saturated rings. The Balaban J connectivity index is 2.67. The van der Waals surface area contributed by atoms with Gasteiger partial charge in [-0.05, 0) is 33.3 Å². The van der Waals surface area contributed by atoms with Crippen LogP contribution < -0.4 is 0 Å². The second-order valence-corrected chi connectivity index (χ2v) is 4.53. The predicted octanol–water partition coefficient (Wildman–Crippen LogP) is 2.92. The molecule has 0 aliphatic rings. The molecular formula is C14H20O2. The molecule has 2 heteroatoms. The van der Waals surface area contributed by atoms with Crippen molar-refractivity contribution < 1.29 is 9.53 Å². The Hall–Kier alpha value is -1.15. The summed E-state index contributed by atoms with van der Waals surface area (Å²) in [6.45, 7) is 8.16. The topological polar surface area (TPSA) is 26.3 Å². The molecule has 0 spiro atoms.